The van der Waals surface area contributed by atoms with Gasteiger partial charge in [-0.05, 0) is 54.8 Å². The molecule has 0 bridgehead atoms. The summed E-state index contributed by atoms with van der Waals surface area (Å²) in [4.78, 5) is 29.9. The molecule has 5 nitrogen and oxygen atoms in total. The van der Waals surface area contributed by atoms with Crippen molar-refractivity contribution >= 4 is 17.2 Å². The topological polar surface area (TPSA) is 59.0 Å². The van der Waals surface area contributed by atoms with E-state index in [1.54, 1.807) is 11.3 Å². The summed E-state index contributed by atoms with van der Waals surface area (Å²) in [6, 6.07) is 8.08. The normalized spacial score (nSPS) is 19.3. The number of piperidine rings is 1. The minimum atomic E-state index is 0.221. The third-order valence-electron chi connectivity index (χ3n) is 5.84. The second kappa shape index (κ2) is 8.03. The SMILES string of the molecule is O=C(Cc1cccs1)N1CCCC(c2nc(C3CC3)ncc2-c2ccncc2)C1. The fourth-order valence-electron chi connectivity index (χ4n) is 4.11. The van der Waals surface area contributed by atoms with Crippen molar-refractivity contribution in [1.29, 1.82) is 0 Å². The first-order chi connectivity index (χ1) is 14.3. The van der Waals surface area contributed by atoms with Gasteiger partial charge in [-0.2, -0.15) is 0 Å². The lowest BCUT2D eigenvalue weighted by Crippen LogP contribution is -2.40. The van der Waals surface area contributed by atoms with Crippen LogP contribution < -0.4 is 0 Å². The quantitative estimate of drug-likeness (QED) is 0.631. The summed E-state index contributed by atoms with van der Waals surface area (Å²) in [6.45, 7) is 1.58. The molecule has 1 atom stereocenters. The first-order valence-electron chi connectivity index (χ1n) is 10.4. The van der Waals surface area contributed by atoms with E-state index in [0.29, 0.717) is 12.3 Å². The molecule has 2 fully saturated rings. The maximum absolute atomic E-state index is 12.9. The van der Waals surface area contributed by atoms with E-state index in [1.807, 2.05) is 53.1 Å². The molecule has 0 aromatic carbocycles. The molecule has 0 N–H and O–H groups in total. The Bertz CT molecular complexity index is 985. The van der Waals surface area contributed by atoms with Crippen LogP contribution in [-0.2, 0) is 11.2 Å². The van der Waals surface area contributed by atoms with E-state index < -0.39 is 0 Å². The molecule has 6 heteroatoms. The van der Waals surface area contributed by atoms with Crippen molar-refractivity contribution in [2.45, 2.75) is 43.9 Å². The van der Waals surface area contributed by atoms with Gasteiger partial charge in [-0.25, -0.2) is 9.97 Å². The number of hydrogen-bond donors (Lipinski definition) is 0. The summed E-state index contributed by atoms with van der Waals surface area (Å²) < 4.78 is 0. The number of rotatable bonds is 5. The van der Waals surface area contributed by atoms with Gasteiger partial charge >= 0.3 is 0 Å². The molecule has 2 aliphatic rings. The van der Waals surface area contributed by atoms with Crippen molar-refractivity contribution in [2.75, 3.05) is 13.1 Å². The van der Waals surface area contributed by atoms with Crippen LogP contribution in [-0.4, -0.2) is 38.8 Å². The van der Waals surface area contributed by atoms with Crippen LogP contribution in [0.1, 0.15) is 53.9 Å². The van der Waals surface area contributed by atoms with Crippen molar-refractivity contribution in [2.24, 2.45) is 0 Å². The average molecular weight is 405 g/mol. The van der Waals surface area contributed by atoms with Crippen LogP contribution in [0.2, 0.25) is 0 Å². The highest BCUT2D eigenvalue weighted by molar-refractivity contribution is 7.10. The van der Waals surface area contributed by atoms with Crippen molar-refractivity contribution in [1.82, 2.24) is 19.9 Å². The van der Waals surface area contributed by atoms with Crippen LogP contribution in [0.25, 0.3) is 11.1 Å². The van der Waals surface area contributed by atoms with E-state index in [2.05, 4.69) is 9.97 Å². The van der Waals surface area contributed by atoms with Gasteiger partial charge in [0.1, 0.15) is 5.82 Å². The fraction of sp³-hybridized carbons (Fsp3) is 0.391. The Hall–Kier alpha value is -2.60. The highest BCUT2D eigenvalue weighted by Gasteiger charge is 2.31. The predicted octanol–water partition coefficient (Wildman–Crippen LogP) is 4.43. The monoisotopic (exact) mass is 404 g/mol. The maximum atomic E-state index is 12.9. The molecule has 1 unspecified atom stereocenters. The molecule has 4 heterocycles. The van der Waals surface area contributed by atoms with Gasteiger partial charge in [0, 0.05) is 54.0 Å². The zero-order chi connectivity index (χ0) is 19.6. The Morgan fingerprint density at radius 1 is 1.14 bits per heavy atom. The average Bonchev–Trinajstić information content (AvgIpc) is 3.51. The van der Waals surface area contributed by atoms with Gasteiger partial charge in [-0.1, -0.05) is 6.07 Å². The molecule has 1 amide bonds. The number of hydrogen-bond acceptors (Lipinski definition) is 5. The summed E-state index contributed by atoms with van der Waals surface area (Å²) in [5, 5.41) is 2.03. The second-order valence-electron chi connectivity index (χ2n) is 7.97. The molecular weight excluding hydrogens is 380 g/mol. The van der Waals surface area contributed by atoms with E-state index in [4.69, 9.17) is 4.98 Å². The molecule has 3 aromatic rings. The number of aromatic nitrogens is 3. The standard InChI is InChI=1S/C23H24N4OS/c28-21(13-19-4-2-12-29-19)27-11-1-3-18(15-27)22-20(16-7-9-24-10-8-16)14-25-23(26-22)17-5-6-17/h2,4,7-10,12,14,17-18H,1,3,5-6,11,13,15H2. The van der Waals surface area contributed by atoms with Crippen LogP contribution in [0.4, 0.5) is 0 Å². The molecule has 1 saturated heterocycles. The zero-order valence-electron chi connectivity index (χ0n) is 16.3. The summed E-state index contributed by atoms with van der Waals surface area (Å²) in [5.74, 6) is 1.96. The number of carbonyl (C=O) groups excluding carboxylic acids is 1. The van der Waals surface area contributed by atoms with Crippen molar-refractivity contribution in [3.05, 3.63) is 64.6 Å². The molecule has 1 saturated carbocycles. The van der Waals surface area contributed by atoms with E-state index >= 15 is 0 Å². The third-order valence-corrected chi connectivity index (χ3v) is 6.71. The zero-order valence-corrected chi connectivity index (χ0v) is 17.1. The first kappa shape index (κ1) is 18.4. The predicted molar refractivity (Wildman–Crippen MR) is 114 cm³/mol. The molecule has 1 aliphatic heterocycles. The first-order valence-corrected chi connectivity index (χ1v) is 11.2. The summed E-state index contributed by atoms with van der Waals surface area (Å²) in [6.07, 6.45) is 10.5. The lowest BCUT2D eigenvalue weighted by Gasteiger charge is -2.33. The van der Waals surface area contributed by atoms with Gasteiger partial charge in [-0.3, -0.25) is 9.78 Å². The minimum absolute atomic E-state index is 0.221. The van der Waals surface area contributed by atoms with Gasteiger partial charge in [0.25, 0.3) is 0 Å². The molecule has 0 spiro atoms. The van der Waals surface area contributed by atoms with Gasteiger partial charge in [0.15, 0.2) is 0 Å². The molecule has 3 aromatic heterocycles. The highest BCUT2D eigenvalue weighted by Crippen LogP contribution is 2.40. The smallest absolute Gasteiger partial charge is 0.227 e. The largest absolute Gasteiger partial charge is 0.342 e. The van der Waals surface area contributed by atoms with Crippen LogP contribution in [0.15, 0.2) is 48.2 Å². The van der Waals surface area contributed by atoms with E-state index in [1.165, 1.54) is 12.8 Å². The lowest BCUT2D eigenvalue weighted by atomic mass is 9.90. The maximum Gasteiger partial charge on any atom is 0.227 e. The van der Waals surface area contributed by atoms with E-state index in [9.17, 15) is 4.79 Å². The van der Waals surface area contributed by atoms with Crippen LogP contribution in [0, 0.1) is 0 Å². The Morgan fingerprint density at radius 2 is 2.00 bits per heavy atom. The van der Waals surface area contributed by atoms with Gasteiger partial charge < -0.3 is 4.90 Å². The Balaban J connectivity index is 1.42. The summed E-state index contributed by atoms with van der Waals surface area (Å²) >= 11 is 1.65. The van der Waals surface area contributed by atoms with Crippen LogP contribution in [0.5, 0.6) is 0 Å². The third kappa shape index (κ3) is 4.08. The Morgan fingerprint density at radius 3 is 2.76 bits per heavy atom. The molecular formula is C23H24N4OS. The number of nitrogens with zero attached hydrogens (tertiary/aromatic N) is 4. The molecule has 0 radical (unpaired) electrons. The van der Waals surface area contributed by atoms with E-state index in [0.717, 1.165) is 53.5 Å². The van der Waals surface area contributed by atoms with Gasteiger partial charge in [0.2, 0.25) is 5.91 Å². The lowest BCUT2D eigenvalue weighted by molar-refractivity contribution is -0.131. The number of thiophene rings is 1. The minimum Gasteiger partial charge on any atom is -0.342 e. The highest BCUT2D eigenvalue weighted by atomic mass is 32.1. The Kier molecular flexibility index (Phi) is 5.10. The number of carbonyl (C=O) groups is 1. The van der Waals surface area contributed by atoms with Gasteiger partial charge in [-0.15, -0.1) is 11.3 Å². The number of amides is 1. The molecule has 148 valence electrons. The number of pyridine rings is 1. The molecule has 29 heavy (non-hydrogen) atoms. The van der Waals surface area contributed by atoms with Crippen molar-refractivity contribution in [3.63, 3.8) is 0 Å². The second-order valence-corrected chi connectivity index (χ2v) is 9.00. The van der Waals surface area contributed by atoms with Gasteiger partial charge in [0.05, 0.1) is 12.1 Å². The van der Waals surface area contributed by atoms with Crippen LogP contribution >= 0.6 is 11.3 Å². The molecule has 1 aliphatic carbocycles. The fourth-order valence-corrected chi connectivity index (χ4v) is 4.81. The van der Waals surface area contributed by atoms with Crippen molar-refractivity contribution < 1.29 is 4.79 Å². The number of likely N-dealkylation sites (tertiary alicyclic amines) is 1. The Labute approximate surface area is 174 Å². The van der Waals surface area contributed by atoms with Crippen LogP contribution in [0.3, 0.4) is 0 Å². The summed E-state index contributed by atoms with van der Waals surface area (Å²) in [5.41, 5.74) is 3.27. The molecule has 5 rings (SSSR count). The van der Waals surface area contributed by atoms with Crippen molar-refractivity contribution in [3.8, 4) is 11.1 Å². The summed E-state index contributed by atoms with van der Waals surface area (Å²) in [7, 11) is 0. The van der Waals surface area contributed by atoms with E-state index in [-0.39, 0.29) is 11.8 Å².